The van der Waals surface area contributed by atoms with Gasteiger partial charge in [-0.1, -0.05) is 12.8 Å². The SMILES string of the molecule is CC(=O)C1CCCCC1=O.CC(=O)C1CCCCC1=O.[Cu+2]. The zero-order valence-corrected chi connectivity index (χ0v) is 13.7. The number of carbonyl (C=O) groups is 4. The molecule has 2 aliphatic carbocycles. The largest absolute Gasteiger partial charge is 2.00 e. The fourth-order valence-corrected chi connectivity index (χ4v) is 2.83. The summed E-state index contributed by atoms with van der Waals surface area (Å²) in [5.74, 6) is -0.116. The van der Waals surface area contributed by atoms with Crippen LogP contribution in [0.5, 0.6) is 0 Å². The molecule has 0 saturated heterocycles. The monoisotopic (exact) mass is 343 g/mol. The van der Waals surface area contributed by atoms with Crippen molar-refractivity contribution in [3.8, 4) is 0 Å². The smallest absolute Gasteiger partial charge is 0.299 e. The topological polar surface area (TPSA) is 68.3 Å². The van der Waals surface area contributed by atoms with Crippen LogP contribution in [0.4, 0.5) is 0 Å². The molecule has 2 rings (SSSR count). The average Bonchev–Trinajstić information content (AvgIpc) is 2.40. The fourth-order valence-electron chi connectivity index (χ4n) is 2.83. The summed E-state index contributed by atoms with van der Waals surface area (Å²) in [6.07, 6.45) is 6.83. The summed E-state index contributed by atoms with van der Waals surface area (Å²) in [5.41, 5.74) is 0. The molecular weight excluding hydrogens is 320 g/mol. The van der Waals surface area contributed by atoms with Crippen LogP contribution in [0.1, 0.15) is 65.2 Å². The molecule has 121 valence electrons. The van der Waals surface area contributed by atoms with Crippen LogP contribution in [0.25, 0.3) is 0 Å². The van der Waals surface area contributed by atoms with Crippen molar-refractivity contribution in [2.45, 2.75) is 65.2 Å². The first kappa shape index (κ1) is 20.2. The number of rotatable bonds is 2. The maximum Gasteiger partial charge on any atom is 2.00 e. The molecule has 2 atom stereocenters. The predicted molar refractivity (Wildman–Crippen MR) is 75.3 cm³/mol. The van der Waals surface area contributed by atoms with Crippen molar-refractivity contribution < 1.29 is 36.2 Å². The Morgan fingerprint density at radius 3 is 1.29 bits per heavy atom. The third kappa shape index (κ3) is 6.66. The van der Waals surface area contributed by atoms with Crippen molar-refractivity contribution in [3.05, 3.63) is 0 Å². The average molecular weight is 344 g/mol. The van der Waals surface area contributed by atoms with Gasteiger partial charge in [-0.2, -0.15) is 0 Å². The zero-order chi connectivity index (χ0) is 15.1. The quantitative estimate of drug-likeness (QED) is 0.571. The minimum Gasteiger partial charge on any atom is -0.299 e. The molecule has 0 heterocycles. The summed E-state index contributed by atoms with van der Waals surface area (Å²) in [5, 5.41) is 0. The standard InChI is InChI=1S/2C8H12O2.Cu/c2*1-6(9)7-4-2-3-5-8(7)10;/h2*7H,2-5H2,1H3;/q;;+2. The first-order chi connectivity index (χ1) is 9.43. The van der Waals surface area contributed by atoms with Crippen LogP contribution in [0.2, 0.25) is 0 Å². The molecule has 4 nitrogen and oxygen atoms in total. The van der Waals surface area contributed by atoms with Crippen LogP contribution in [0, 0.1) is 11.8 Å². The molecule has 0 spiro atoms. The molecule has 21 heavy (non-hydrogen) atoms. The number of hydrogen-bond donors (Lipinski definition) is 0. The third-order valence-electron chi connectivity index (χ3n) is 4.09. The first-order valence-electron chi connectivity index (χ1n) is 7.49. The van der Waals surface area contributed by atoms with Crippen LogP contribution in [0.15, 0.2) is 0 Å². The molecule has 0 aliphatic heterocycles. The zero-order valence-electron chi connectivity index (χ0n) is 12.7. The van der Waals surface area contributed by atoms with Gasteiger partial charge in [-0.25, -0.2) is 0 Å². The normalized spacial score (nSPS) is 25.2. The fraction of sp³-hybridized carbons (Fsp3) is 0.750. The second kappa shape index (κ2) is 10.0. The van der Waals surface area contributed by atoms with E-state index in [2.05, 4.69) is 0 Å². The summed E-state index contributed by atoms with van der Waals surface area (Å²) in [6, 6.07) is 0. The van der Waals surface area contributed by atoms with Crippen LogP contribution < -0.4 is 0 Å². The summed E-state index contributed by atoms with van der Waals surface area (Å²) in [6.45, 7) is 3.02. The molecule has 0 aromatic rings. The maximum absolute atomic E-state index is 11.0. The molecule has 2 unspecified atom stereocenters. The molecule has 0 N–H and O–H groups in total. The Morgan fingerprint density at radius 2 is 1.10 bits per heavy atom. The number of ketones is 4. The molecule has 5 heteroatoms. The molecule has 2 aliphatic rings. The third-order valence-corrected chi connectivity index (χ3v) is 4.09. The van der Waals surface area contributed by atoms with Gasteiger partial charge in [-0.3, -0.25) is 19.2 Å². The molecule has 1 radical (unpaired) electrons. The van der Waals surface area contributed by atoms with Crippen molar-refractivity contribution in [2.75, 3.05) is 0 Å². The van der Waals surface area contributed by atoms with Gasteiger partial charge in [0.2, 0.25) is 0 Å². The summed E-state index contributed by atoms with van der Waals surface area (Å²) < 4.78 is 0. The Labute approximate surface area is 136 Å². The first-order valence-corrected chi connectivity index (χ1v) is 7.49. The Hall–Kier alpha value is -0.801. The molecule has 0 amide bonds. The van der Waals surface area contributed by atoms with Crippen molar-refractivity contribution in [1.29, 1.82) is 0 Å². The molecule has 0 bridgehead atoms. The van der Waals surface area contributed by atoms with E-state index in [9.17, 15) is 19.2 Å². The van der Waals surface area contributed by atoms with E-state index in [1.165, 1.54) is 13.8 Å². The molecule has 0 aromatic carbocycles. The van der Waals surface area contributed by atoms with Gasteiger partial charge >= 0.3 is 17.1 Å². The van der Waals surface area contributed by atoms with Gasteiger partial charge in [0.25, 0.3) is 0 Å². The Balaban J connectivity index is 0.000000364. The Bertz CT molecular complexity index is 365. The Kier molecular flexibility index (Phi) is 9.63. The summed E-state index contributed by atoms with van der Waals surface area (Å²) in [4.78, 5) is 43.6. The predicted octanol–water partition coefficient (Wildman–Crippen LogP) is 2.67. The van der Waals surface area contributed by atoms with Crippen molar-refractivity contribution in [1.82, 2.24) is 0 Å². The van der Waals surface area contributed by atoms with E-state index in [-0.39, 0.29) is 52.0 Å². The van der Waals surface area contributed by atoms with Crippen LogP contribution in [-0.4, -0.2) is 23.1 Å². The summed E-state index contributed by atoms with van der Waals surface area (Å²) in [7, 11) is 0. The van der Waals surface area contributed by atoms with Gasteiger partial charge in [0.1, 0.15) is 23.1 Å². The molecular formula is C16H24CuO4+2. The maximum atomic E-state index is 11.0. The van der Waals surface area contributed by atoms with E-state index in [4.69, 9.17) is 0 Å². The second-order valence-corrected chi connectivity index (χ2v) is 5.75. The minimum absolute atomic E-state index is 0. The second-order valence-electron chi connectivity index (χ2n) is 5.75. The molecule has 2 fully saturated rings. The van der Waals surface area contributed by atoms with E-state index < -0.39 is 0 Å². The van der Waals surface area contributed by atoms with Crippen molar-refractivity contribution in [2.24, 2.45) is 11.8 Å². The van der Waals surface area contributed by atoms with Crippen LogP contribution >= 0.6 is 0 Å². The van der Waals surface area contributed by atoms with Gasteiger partial charge in [0.15, 0.2) is 0 Å². The molecule has 2 saturated carbocycles. The van der Waals surface area contributed by atoms with Gasteiger partial charge < -0.3 is 0 Å². The van der Waals surface area contributed by atoms with Gasteiger partial charge in [0.05, 0.1) is 11.8 Å². The summed E-state index contributed by atoms with van der Waals surface area (Å²) >= 11 is 0. The van der Waals surface area contributed by atoms with E-state index in [1.807, 2.05) is 0 Å². The van der Waals surface area contributed by atoms with E-state index in [0.717, 1.165) is 38.5 Å². The van der Waals surface area contributed by atoms with Crippen molar-refractivity contribution in [3.63, 3.8) is 0 Å². The van der Waals surface area contributed by atoms with Gasteiger partial charge in [-0.15, -0.1) is 0 Å². The number of hydrogen-bond acceptors (Lipinski definition) is 4. The van der Waals surface area contributed by atoms with Crippen LogP contribution in [0.3, 0.4) is 0 Å². The van der Waals surface area contributed by atoms with E-state index in [0.29, 0.717) is 12.8 Å². The minimum atomic E-state index is -0.256. The van der Waals surface area contributed by atoms with Crippen molar-refractivity contribution >= 4 is 23.1 Å². The number of Topliss-reactive ketones (excluding diaryl/α,β-unsaturated/α-hetero) is 4. The van der Waals surface area contributed by atoms with Gasteiger partial charge in [0, 0.05) is 12.8 Å². The van der Waals surface area contributed by atoms with Crippen LogP contribution in [-0.2, 0) is 36.2 Å². The molecule has 0 aromatic heterocycles. The number of carbonyl (C=O) groups excluding carboxylic acids is 4. The van der Waals surface area contributed by atoms with Gasteiger partial charge in [-0.05, 0) is 39.5 Å². The van der Waals surface area contributed by atoms with E-state index in [1.54, 1.807) is 0 Å². The van der Waals surface area contributed by atoms with E-state index >= 15 is 0 Å². The Morgan fingerprint density at radius 1 is 0.762 bits per heavy atom.